The fourth-order valence-corrected chi connectivity index (χ4v) is 3.82. The van der Waals surface area contributed by atoms with Crippen LogP contribution in [-0.2, 0) is 47.6 Å². The molecule has 2 heterocycles. The lowest BCUT2D eigenvalue weighted by molar-refractivity contribution is -0.288. The number of hydrogen-bond acceptors (Lipinski definition) is 14. The molecule has 3 rings (SSSR count). The van der Waals surface area contributed by atoms with E-state index in [1.165, 1.54) is 26.4 Å². The van der Waals surface area contributed by atoms with Crippen molar-refractivity contribution in [1.29, 1.82) is 0 Å². The van der Waals surface area contributed by atoms with Crippen molar-refractivity contribution in [3.05, 3.63) is 42.5 Å². The number of hydrogen-bond donors (Lipinski definition) is 0. The van der Waals surface area contributed by atoms with E-state index in [0.717, 1.165) is 20.8 Å². The Kier molecular flexibility index (Phi) is 10.1. The van der Waals surface area contributed by atoms with E-state index in [2.05, 4.69) is 14.7 Å². The van der Waals surface area contributed by atoms with Gasteiger partial charge in [0, 0.05) is 45.7 Å². The number of nitrogens with zero attached hydrogens (tertiary/aromatic N) is 2. The van der Waals surface area contributed by atoms with Crippen LogP contribution in [0.3, 0.4) is 0 Å². The number of esters is 5. The first-order valence-electron chi connectivity index (χ1n) is 12.0. The fraction of sp³-hybridized carbons (Fsp3) is 0.423. The summed E-state index contributed by atoms with van der Waals surface area (Å²) in [7, 11) is 1.23. The second-order valence-electron chi connectivity index (χ2n) is 8.50. The smallest absolute Gasteiger partial charge is 0.376 e. The highest BCUT2D eigenvalue weighted by atomic mass is 16.7. The molecule has 0 unspecified atom stereocenters. The number of carbonyl (C=O) groups excluding carboxylic acids is 5. The van der Waals surface area contributed by atoms with Crippen molar-refractivity contribution < 1.29 is 57.1 Å². The van der Waals surface area contributed by atoms with Crippen LogP contribution >= 0.6 is 0 Å². The molecule has 1 aliphatic heterocycles. The van der Waals surface area contributed by atoms with Crippen LogP contribution in [-0.4, -0.2) is 84.2 Å². The third kappa shape index (κ3) is 7.96. The number of ether oxygens (including phenoxy) is 7. The molecule has 0 saturated carbocycles. The van der Waals surface area contributed by atoms with Crippen LogP contribution < -0.4 is 4.74 Å². The minimum atomic E-state index is -1.37. The molecule has 0 bridgehead atoms. The summed E-state index contributed by atoms with van der Waals surface area (Å²) in [4.78, 5) is 66.7. The van der Waals surface area contributed by atoms with Crippen molar-refractivity contribution in [1.82, 2.24) is 9.97 Å². The van der Waals surface area contributed by atoms with Gasteiger partial charge in [-0.3, -0.25) is 19.2 Å². The first-order chi connectivity index (χ1) is 19.0. The van der Waals surface area contributed by atoms with Gasteiger partial charge in [-0.05, 0) is 17.7 Å². The van der Waals surface area contributed by atoms with E-state index in [1.807, 2.05) is 0 Å². The van der Waals surface area contributed by atoms with Crippen molar-refractivity contribution in [3.8, 4) is 16.9 Å². The molecule has 1 fully saturated rings. The maximum Gasteiger partial charge on any atom is 0.376 e. The summed E-state index contributed by atoms with van der Waals surface area (Å²) in [5, 5.41) is 0. The van der Waals surface area contributed by atoms with Crippen molar-refractivity contribution in [2.24, 2.45) is 0 Å². The molecule has 2 aromatic rings. The first kappa shape index (κ1) is 30.0. The second kappa shape index (κ2) is 13.5. The van der Waals surface area contributed by atoms with Gasteiger partial charge in [0.1, 0.15) is 18.5 Å². The van der Waals surface area contributed by atoms with E-state index < -0.39 is 60.6 Å². The van der Waals surface area contributed by atoms with Gasteiger partial charge in [-0.15, -0.1) is 0 Å². The lowest BCUT2D eigenvalue weighted by atomic mass is 9.98. The third-order valence-corrected chi connectivity index (χ3v) is 5.41. The lowest BCUT2D eigenvalue weighted by Crippen LogP contribution is -2.63. The summed E-state index contributed by atoms with van der Waals surface area (Å²) in [6.45, 7) is 4.20. The van der Waals surface area contributed by atoms with E-state index in [0.29, 0.717) is 11.1 Å². The highest BCUT2D eigenvalue weighted by molar-refractivity contribution is 5.85. The lowest BCUT2D eigenvalue weighted by Gasteiger charge is -2.43. The molecule has 0 spiro atoms. The molecule has 14 heteroatoms. The van der Waals surface area contributed by atoms with Gasteiger partial charge in [0.2, 0.25) is 18.2 Å². The van der Waals surface area contributed by atoms with Crippen molar-refractivity contribution in [2.45, 2.75) is 58.4 Å². The molecule has 0 radical (unpaired) electrons. The molecule has 1 aromatic carbocycles. The normalized spacial score (nSPS) is 21.9. The highest BCUT2D eigenvalue weighted by Crippen LogP contribution is 2.31. The topological polar surface area (TPSA) is 176 Å². The van der Waals surface area contributed by atoms with Gasteiger partial charge >= 0.3 is 29.8 Å². The summed E-state index contributed by atoms with van der Waals surface area (Å²) in [5.41, 5.74) is 1.29. The molecule has 14 nitrogen and oxygen atoms in total. The quantitative estimate of drug-likeness (QED) is 0.317. The Labute approximate surface area is 228 Å². The Morgan fingerprint density at radius 2 is 1.30 bits per heavy atom. The zero-order chi connectivity index (χ0) is 29.4. The SMILES string of the molecule is COC(=O)c1ncc(-c2ccc(O[C@H]3O[C@H](COC(C)=O)[C@@H](OC(C)=O)[C@H](OC(C)=O)[C@@H]3OC(C)=O)cc2)cn1. The number of rotatable bonds is 9. The third-order valence-electron chi connectivity index (χ3n) is 5.41. The predicted molar refractivity (Wildman–Crippen MR) is 131 cm³/mol. The van der Waals surface area contributed by atoms with Crippen LogP contribution in [0.1, 0.15) is 38.3 Å². The van der Waals surface area contributed by atoms with Crippen molar-refractivity contribution in [3.63, 3.8) is 0 Å². The van der Waals surface area contributed by atoms with Gasteiger partial charge in [0.25, 0.3) is 0 Å². The Morgan fingerprint density at radius 1 is 0.750 bits per heavy atom. The first-order valence-corrected chi connectivity index (χ1v) is 12.0. The molecule has 214 valence electrons. The van der Waals surface area contributed by atoms with Crippen molar-refractivity contribution in [2.75, 3.05) is 13.7 Å². The van der Waals surface area contributed by atoms with Gasteiger partial charge < -0.3 is 33.2 Å². The molecule has 40 heavy (non-hydrogen) atoms. The average molecular weight is 561 g/mol. The number of methoxy groups -OCH3 is 1. The van der Waals surface area contributed by atoms with Crippen LogP contribution in [0, 0.1) is 0 Å². The monoisotopic (exact) mass is 560 g/mol. The van der Waals surface area contributed by atoms with Crippen LogP contribution in [0.25, 0.3) is 11.1 Å². The summed E-state index contributed by atoms with van der Waals surface area (Å²) in [5.74, 6) is -3.36. The standard InChI is InChI=1S/C26H28N2O12/c1-13(29)35-12-20-21(36-14(2)30)22(37-15(3)31)23(38-16(4)32)26(40-20)39-19-8-6-17(7-9-19)18-10-27-24(28-11-18)25(33)34-5/h6-11,20-23,26H,12H2,1-5H3/t20-,21-,22+,23+,26+/m1/s1. The molecular formula is C26H28N2O12. The Bertz CT molecular complexity index is 1230. The Balaban J connectivity index is 1.89. The van der Waals surface area contributed by atoms with Gasteiger partial charge in [-0.2, -0.15) is 0 Å². The zero-order valence-corrected chi connectivity index (χ0v) is 22.4. The second-order valence-corrected chi connectivity index (χ2v) is 8.50. The molecule has 1 saturated heterocycles. The number of benzene rings is 1. The van der Waals surface area contributed by atoms with Crippen LogP contribution in [0.4, 0.5) is 0 Å². The van der Waals surface area contributed by atoms with Crippen LogP contribution in [0.2, 0.25) is 0 Å². The predicted octanol–water partition coefficient (Wildman–Crippen LogP) is 1.39. The highest BCUT2D eigenvalue weighted by Gasteiger charge is 2.53. The van der Waals surface area contributed by atoms with E-state index >= 15 is 0 Å². The van der Waals surface area contributed by atoms with E-state index in [9.17, 15) is 24.0 Å². The van der Waals surface area contributed by atoms with Crippen LogP contribution in [0.15, 0.2) is 36.7 Å². The maximum absolute atomic E-state index is 12.0. The minimum absolute atomic E-state index is 0.0881. The summed E-state index contributed by atoms with van der Waals surface area (Å²) >= 11 is 0. The van der Waals surface area contributed by atoms with Crippen LogP contribution in [0.5, 0.6) is 5.75 Å². The molecule has 1 aliphatic rings. The van der Waals surface area contributed by atoms with E-state index in [1.54, 1.807) is 24.3 Å². The van der Waals surface area contributed by atoms with E-state index in [4.69, 9.17) is 28.4 Å². The summed E-state index contributed by atoms with van der Waals surface area (Å²) < 4.78 is 37.7. The molecular weight excluding hydrogens is 532 g/mol. The van der Waals surface area contributed by atoms with Gasteiger partial charge in [-0.1, -0.05) is 12.1 Å². The van der Waals surface area contributed by atoms with Crippen molar-refractivity contribution >= 4 is 29.8 Å². The summed E-state index contributed by atoms with van der Waals surface area (Å²) in [6, 6.07) is 6.52. The molecule has 0 aliphatic carbocycles. The van der Waals surface area contributed by atoms with Gasteiger partial charge in [-0.25, -0.2) is 14.8 Å². The Hall–Kier alpha value is -4.59. The zero-order valence-electron chi connectivity index (χ0n) is 22.4. The number of carbonyl (C=O) groups is 5. The number of aromatic nitrogens is 2. The molecule has 5 atom stereocenters. The maximum atomic E-state index is 12.0. The molecule has 0 amide bonds. The Morgan fingerprint density at radius 3 is 1.82 bits per heavy atom. The fourth-order valence-electron chi connectivity index (χ4n) is 3.82. The minimum Gasteiger partial charge on any atom is -0.463 e. The van der Waals surface area contributed by atoms with Gasteiger partial charge in [0.05, 0.1) is 7.11 Å². The molecule has 0 N–H and O–H groups in total. The van der Waals surface area contributed by atoms with E-state index in [-0.39, 0.29) is 18.2 Å². The average Bonchev–Trinajstić information content (AvgIpc) is 2.90. The summed E-state index contributed by atoms with van der Waals surface area (Å²) in [6.07, 6.45) is -3.61. The molecule has 1 aromatic heterocycles. The largest absolute Gasteiger partial charge is 0.463 e. The van der Waals surface area contributed by atoms with Gasteiger partial charge in [0.15, 0.2) is 12.2 Å².